The molecule has 0 aromatic rings. The second-order valence-electron chi connectivity index (χ2n) is 3.82. The van der Waals surface area contributed by atoms with Gasteiger partial charge in [-0.2, -0.15) is 0 Å². The van der Waals surface area contributed by atoms with Gasteiger partial charge in [0.05, 0.1) is 0 Å². The predicted octanol–water partition coefficient (Wildman–Crippen LogP) is 3.18. The number of rotatable bonds is 4. The van der Waals surface area contributed by atoms with Gasteiger partial charge in [-0.05, 0) is 30.9 Å². The van der Waals surface area contributed by atoms with Crippen molar-refractivity contribution in [2.45, 2.75) is 26.4 Å². The minimum atomic E-state index is -1.06. The van der Waals surface area contributed by atoms with Crippen molar-refractivity contribution in [1.82, 2.24) is 4.90 Å². The molecule has 1 unspecified atom stereocenters. The van der Waals surface area contributed by atoms with Crippen LogP contribution in [-0.2, 0) is 0 Å². The summed E-state index contributed by atoms with van der Waals surface area (Å²) in [7, 11) is 0. The molecule has 17 heavy (non-hydrogen) atoms. The van der Waals surface area contributed by atoms with Crippen LogP contribution in [-0.4, -0.2) is 24.2 Å². The number of alkyl halides is 1. The van der Waals surface area contributed by atoms with Gasteiger partial charge < -0.3 is 10.6 Å². The van der Waals surface area contributed by atoms with Crippen molar-refractivity contribution in [3.05, 3.63) is 33.5 Å². The molecular formula is C12H18ClFN2S. The molecule has 0 spiro atoms. The van der Waals surface area contributed by atoms with E-state index < -0.39 is 6.17 Å². The standard InChI is InChI=1S/C12H18ClFN2S/c1-3-16(4-2)12-6-9(13)8(5-10(12)14)11(15)7-17/h6-7,10,17H,3-5,15H2,1-2H3/b11-7-. The van der Waals surface area contributed by atoms with Gasteiger partial charge in [-0.1, -0.05) is 11.6 Å². The largest absolute Gasteiger partial charge is 0.398 e. The molecule has 0 saturated carbocycles. The zero-order valence-corrected chi connectivity index (χ0v) is 11.7. The number of hydrogen-bond donors (Lipinski definition) is 2. The average Bonchev–Trinajstić information content (AvgIpc) is 2.33. The Labute approximate surface area is 112 Å². The van der Waals surface area contributed by atoms with Gasteiger partial charge in [-0.15, -0.1) is 12.6 Å². The third-order valence-electron chi connectivity index (χ3n) is 2.88. The fraction of sp³-hybridized carbons (Fsp3) is 0.500. The van der Waals surface area contributed by atoms with Crippen molar-refractivity contribution >= 4 is 24.2 Å². The molecule has 2 nitrogen and oxygen atoms in total. The first kappa shape index (κ1) is 14.5. The predicted molar refractivity (Wildman–Crippen MR) is 74.7 cm³/mol. The van der Waals surface area contributed by atoms with Gasteiger partial charge in [0.1, 0.15) is 6.17 Å². The Hall–Kier alpha value is -0.610. The molecule has 0 saturated heterocycles. The minimum Gasteiger partial charge on any atom is -0.398 e. The average molecular weight is 277 g/mol. The molecular weight excluding hydrogens is 259 g/mol. The van der Waals surface area contributed by atoms with E-state index in [4.69, 9.17) is 17.3 Å². The third-order valence-corrected chi connectivity index (χ3v) is 3.50. The van der Waals surface area contributed by atoms with Crippen molar-refractivity contribution in [3.63, 3.8) is 0 Å². The summed E-state index contributed by atoms with van der Waals surface area (Å²) in [5, 5.41) is 1.95. The summed E-state index contributed by atoms with van der Waals surface area (Å²) < 4.78 is 14.1. The number of thiol groups is 1. The number of nitrogens with zero attached hydrogens (tertiary/aromatic N) is 1. The first-order chi connectivity index (χ1) is 8.04. The summed E-state index contributed by atoms with van der Waals surface area (Å²) in [4.78, 5) is 1.96. The molecule has 0 bridgehead atoms. The maximum atomic E-state index is 14.1. The van der Waals surface area contributed by atoms with E-state index in [-0.39, 0.29) is 6.42 Å². The molecule has 1 atom stereocenters. The van der Waals surface area contributed by atoms with E-state index in [1.807, 2.05) is 18.7 Å². The summed E-state index contributed by atoms with van der Waals surface area (Å²) in [5.41, 5.74) is 7.41. The van der Waals surface area contributed by atoms with Crippen LogP contribution in [0.5, 0.6) is 0 Å². The highest BCUT2D eigenvalue weighted by Crippen LogP contribution is 2.33. The number of allylic oxidation sites excluding steroid dienone is 4. The topological polar surface area (TPSA) is 29.3 Å². The van der Waals surface area contributed by atoms with Crippen molar-refractivity contribution in [3.8, 4) is 0 Å². The maximum absolute atomic E-state index is 14.1. The number of nitrogens with two attached hydrogens (primary N) is 1. The Bertz CT molecular complexity index is 373. The van der Waals surface area contributed by atoms with Gasteiger partial charge in [-0.25, -0.2) is 4.39 Å². The van der Waals surface area contributed by atoms with E-state index in [0.29, 0.717) is 22.0 Å². The molecule has 0 aromatic heterocycles. The molecule has 0 heterocycles. The molecule has 0 aromatic carbocycles. The van der Waals surface area contributed by atoms with Gasteiger partial charge in [0.2, 0.25) is 0 Å². The molecule has 0 amide bonds. The van der Waals surface area contributed by atoms with Crippen molar-refractivity contribution in [2.24, 2.45) is 5.73 Å². The van der Waals surface area contributed by atoms with Gasteiger partial charge >= 0.3 is 0 Å². The molecule has 1 rings (SSSR count). The van der Waals surface area contributed by atoms with E-state index in [2.05, 4.69) is 12.6 Å². The van der Waals surface area contributed by atoms with E-state index in [1.165, 1.54) is 5.41 Å². The summed E-state index contributed by atoms with van der Waals surface area (Å²) >= 11 is 10.1. The normalized spacial score (nSPS) is 21.6. The van der Waals surface area contributed by atoms with Crippen LogP contribution >= 0.6 is 24.2 Å². The highest BCUT2D eigenvalue weighted by Gasteiger charge is 2.26. The fourth-order valence-corrected chi connectivity index (χ4v) is 2.35. The molecule has 0 fully saturated rings. The number of halogens is 2. The molecule has 1 aliphatic carbocycles. The Morgan fingerprint density at radius 2 is 2.24 bits per heavy atom. The van der Waals surface area contributed by atoms with Crippen LogP contribution in [0.15, 0.2) is 33.5 Å². The van der Waals surface area contributed by atoms with E-state index >= 15 is 0 Å². The Balaban J connectivity index is 3.08. The van der Waals surface area contributed by atoms with Crippen molar-refractivity contribution in [2.75, 3.05) is 13.1 Å². The maximum Gasteiger partial charge on any atom is 0.144 e. The van der Waals surface area contributed by atoms with Gasteiger partial charge in [0.15, 0.2) is 0 Å². The molecule has 0 radical (unpaired) electrons. The molecule has 2 N–H and O–H groups in total. The lowest BCUT2D eigenvalue weighted by Crippen LogP contribution is -2.30. The van der Waals surface area contributed by atoms with Crippen LogP contribution in [0, 0.1) is 0 Å². The molecule has 96 valence electrons. The zero-order valence-electron chi connectivity index (χ0n) is 10.1. The molecule has 5 heteroatoms. The van der Waals surface area contributed by atoms with Crippen LogP contribution in [0.4, 0.5) is 4.39 Å². The van der Waals surface area contributed by atoms with Crippen LogP contribution in [0.25, 0.3) is 0 Å². The monoisotopic (exact) mass is 276 g/mol. The first-order valence-electron chi connectivity index (χ1n) is 5.64. The molecule has 1 aliphatic rings. The SMILES string of the molecule is CCN(CC)C1=CC(Cl)=C(/C(N)=C/S)CC1F. The Kier molecular flexibility index (Phi) is 5.40. The lowest BCUT2D eigenvalue weighted by molar-refractivity contribution is 0.268. The van der Waals surface area contributed by atoms with Crippen LogP contribution in [0.1, 0.15) is 20.3 Å². The van der Waals surface area contributed by atoms with Gasteiger partial charge in [0.25, 0.3) is 0 Å². The lowest BCUT2D eigenvalue weighted by Gasteiger charge is -2.30. The summed E-state index contributed by atoms with van der Waals surface area (Å²) in [6.45, 7) is 5.51. The lowest BCUT2D eigenvalue weighted by atomic mass is 9.98. The highest BCUT2D eigenvalue weighted by atomic mass is 35.5. The van der Waals surface area contributed by atoms with Gasteiger partial charge in [0, 0.05) is 35.9 Å². The van der Waals surface area contributed by atoms with E-state index in [9.17, 15) is 4.39 Å². The first-order valence-corrected chi connectivity index (χ1v) is 6.54. The molecule has 0 aliphatic heterocycles. The summed E-state index contributed by atoms with van der Waals surface area (Å²) in [5.74, 6) is 0. The summed E-state index contributed by atoms with van der Waals surface area (Å²) in [6, 6.07) is 0. The summed E-state index contributed by atoms with van der Waals surface area (Å²) in [6.07, 6.45) is 0.825. The minimum absolute atomic E-state index is 0.212. The Morgan fingerprint density at radius 1 is 1.65 bits per heavy atom. The van der Waals surface area contributed by atoms with Gasteiger partial charge in [-0.3, -0.25) is 0 Å². The van der Waals surface area contributed by atoms with Crippen molar-refractivity contribution < 1.29 is 4.39 Å². The second kappa shape index (κ2) is 6.36. The Morgan fingerprint density at radius 3 is 2.71 bits per heavy atom. The number of hydrogen-bond acceptors (Lipinski definition) is 3. The smallest absolute Gasteiger partial charge is 0.144 e. The van der Waals surface area contributed by atoms with Crippen molar-refractivity contribution in [1.29, 1.82) is 0 Å². The van der Waals surface area contributed by atoms with Crippen LogP contribution < -0.4 is 5.73 Å². The fourth-order valence-electron chi connectivity index (χ4n) is 1.90. The zero-order chi connectivity index (χ0) is 13.0. The highest BCUT2D eigenvalue weighted by molar-refractivity contribution is 7.83. The third kappa shape index (κ3) is 3.19. The quantitative estimate of drug-likeness (QED) is 0.773. The van der Waals surface area contributed by atoms with Crippen LogP contribution in [0.3, 0.4) is 0 Å². The second-order valence-corrected chi connectivity index (χ2v) is 4.49. The van der Waals surface area contributed by atoms with Crippen LogP contribution in [0.2, 0.25) is 0 Å². The van der Waals surface area contributed by atoms with E-state index in [0.717, 1.165) is 13.1 Å². The van der Waals surface area contributed by atoms with E-state index in [1.54, 1.807) is 6.08 Å².